The van der Waals surface area contributed by atoms with Gasteiger partial charge in [-0.25, -0.2) is 4.79 Å². The Balaban J connectivity index is 1.91. The summed E-state index contributed by atoms with van der Waals surface area (Å²) in [6.07, 6.45) is -0.981. The molecule has 132 valence electrons. The lowest BCUT2D eigenvalue weighted by Crippen LogP contribution is -2.35. The number of hydrogen-bond acceptors (Lipinski definition) is 5. The summed E-state index contributed by atoms with van der Waals surface area (Å²) in [6, 6.07) is 12.0. The van der Waals surface area contributed by atoms with Crippen molar-refractivity contribution >= 4 is 11.9 Å². The topological polar surface area (TPSA) is 84.9 Å². The molecule has 0 aliphatic carbocycles. The molecule has 0 aliphatic rings. The van der Waals surface area contributed by atoms with Crippen LogP contribution in [0.15, 0.2) is 42.5 Å². The number of amides is 1. The highest BCUT2D eigenvalue weighted by atomic mass is 16.5. The molecular formula is C19H21NO5. The molecular weight excluding hydrogens is 322 g/mol. The number of benzene rings is 2. The summed E-state index contributed by atoms with van der Waals surface area (Å²) in [6.45, 7) is 3.46. The van der Waals surface area contributed by atoms with Gasteiger partial charge >= 0.3 is 5.97 Å². The number of phenolic OH excluding ortho intramolecular Hbond substituents is 1. The fourth-order valence-electron chi connectivity index (χ4n) is 2.18. The third-order valence-electron chi connectivity index (χ3n) is 3.74. The van der Waals surface area contributed by atoms with E-state index in [1.54, 1.807) is 38.3 Å². The van der Waals surface area contributed by atoms with Gasteiger partial charge in [0.25, 0.3) is 5.91 Å². The van der Waals surface area contributed by atoms with Gasteiger partial charge in [0, 0.05) is 6.54 Å². The van der Waals surface area contributed by atoms with Crippen LogP contribution < -0.4 is 10.1 Å². The molecule has 2 N–H and O–H groups in total. The Labute approximate surface area is 146 Å². The van der Waals surface area contributed by atoms with Crippen LogP contribution in [0.3, 0.4) is 0 Å². The average molecular weight is 343 g/mol. The van der Waals surface area contributed by atoms with Crippen molar-refractivity contribution in [3.8, 4) is 11.5 Å². The zero-order chi connectivity index (χ0) is 18.4. The summed E-state index contributed by atoms with van der Waals surface area (Å²) >= 11 is 0. The maximum Gasteiger partial charge on any atom is 0.342 e. The van der Waals surface area contributed by atoms with Crippen LogP contribution >= 0.6 is 0 Å². The SMILES string of the molecule is COc1ccc(CNC(=O)C(C)OC(=O)c2cccc(C)c2O)cc1. The smallest absolute Gasteiger partial charge is 0.342 e. The number of rotatable bonds is 6. The van der Waals surface area contributed by atoms with Crippen LogP contribution in [0.25, 0.3) is 0 Å². The molecule has 0 saturated carbocycles. The quantitative estimate of drug-likeness (QED) is 0.788. The number of carbonyl (C=O) groups is 2. The van der Waals surface area contributed by atoms with Crippen LogP contribution in [0.2, 0.25) is 0 Å². The molecule has 1 atom stereocenters. The van der Waals surface area contributed by atoms with Crippen molar-refractivity contribution in [3.05, 3.63) is 59.2 Å². The highest BCUT2D eigenvalue weighted by Crippen LogP contribution is 2.22. The molecule has 0 radical (unpaired) electrons. The molecule has 2 aromatic rings. The molecule has 25 heavy (non-hydrogen) atoms. The Hall–Kier alpha value is -3.02. The third kappa shape index (κ3) is 4.73. The molecule has 0 aromatic heterocycles. The van der Waals surface area contributed by atoms with Crippen molar-refractivity contribution in [2.75, 3.05) is 7.11 Å². The minimum absolute atomic E-state index is 0.0369. The van der Waals surface area contributed by atoms with Crippen molar-refractivity contribution in [1.29, 1.82) is 0 Å². The number of aryl methyl sites for hydroxylation is 1. The predicted molar refractivity (Wildman–Crippen MR) is 92.6 cm³/mol. The largest absolute Gasteiger partial charge is 0.507 e. The van der Waals surface area contributed by atoms with Gasteiger partial charge in [-0.1, -0.05) is 24.3 Å². The number of carbonyl (C=O) groups excluding carboxylic acids is 2. The van der Waals surface area contributed by atoms with Crippen molar-refractivity contribution in [1.82, 2.24) is 5.32 Å². The first-order chi connectivity index (χ1) is 11.9. The van der Waals surface area contributed by atoms with Gasteiger partial charge in [-0.05, 0) is 43.2 Å². The molecule has 1 amide bonds. The normalized spacial score (nSPS) is 11.5. The molecule has 0 bridgehead atoms. The first-order valence-corrected chi connectivity index (χ1v) is 7.82. The van der Waals surface area contributed by atoms with E-state index in [0.29, 0.717) is 12.1 Å². The summed E-state index contributed by atoms with van der Waals surface area (Å²) in [4.78, 5) is 24.2. The number of esters is 1. The second-order valence-electron chi connectivity index (χ2n) is 5.58. The molecule has 0 fully saturated rings. The Bertz CT molecular complexity index is 755. The molecule has 2 aromatic carbocycles. The standard InChI is InChI=1S/C19H21NO5/c1-12-5-4-6-16(17(12)21)19(23)25-13(2)18(22)20-11-14-7-9-15(24-3)10-8-14/h4-10,13,21H,11H2,1-3H3,(H,20,22). The van der Waals surface area contributed by atoms with E-state index >= 15 is 0 Å². The molecule has 0 spiro atoms. The van der Waals surface area contributed by atoms with Gasteiger partial charge < -0.3 is 19.9 Å². The van der Waals surface area contributed by atoms with Gasteiger partial charge in [-0.2, -0.15) is 0 Å². The summed E-state index contributed by atoms with van der Waals surface area (Å²) in [5, 5.41) is 12.6. The zero-order valence-electron chi connectivity index (χ0n) is 14.4. The van der Waals surface area contributed by atoms with Gasteiger partial charge in [0.1, 0.15) is 17.1 Å². The highest BCUT2D eigenvalue weighted by molar-refractivity contribution is 5.94. The second-order valence-corrected chi connectivity index (χ2v) is 5.58. The Morgan fingerprint density at radius 2 is 1.84 bits per heavy atom. The third-order valence-corrected chi connectivity index (χ3v) is 3.74. The van der Waals surface area contributed by atoms with E-state index in [1.807, 2.05) is 12.1 Å². The summed E-state index contributed by atoms with van der Waals surface area (Å²) in [5.74, 6) is -0.571. The average Bonchev–Trinajstić information content (AvgIpc) is 2.62. The Morgan fingerprint density at radius 1 is 1.16 bits per heavy atom. The fraction of sp³-hybridized carbons (Fsp3) is 0.263. The summed E-state index contributed by atoms with van der Waals surface area (Å²) in [7, 11) is 1.58. The Kier molecular flexibility index (Phi) is 6.00. The zero-order valence-corrected chi connectivity index (χ0v) is 14.4. The molecule has 6 heteroatoms. The van der Waals surface area contributed by atoms with Crippen molar-refractivity contribution in [2.24, 2.45) is 0 Å². The van der Waals surface area contributed by atoms with Crippen LogP contribution in [0, 0.1) is 6.92 Å². The number of ether oxygens (including phenoxy) is 2. The van der Waals surface area contributed by atoms with E-state index < -0.39 is 18.0 Å². The van der Waals surface area contributed by atoms with Gasteiger partial charge in [0.05, 0.1) is 7.11 Å². The van der Waals surface area contributed by atoms with Gasteiger partial charge in [0.15, 0.2) is 6.10 Å². The number of nitrogens with one attached hydrogen (secondary N) is 1. The van der Waals surface area contributed by atoms with E-state index in [2.05, 4.69) is 5.32 Å². The van der Waals surface area contributed by atoms with Crippen molar-refractivity contribution in [2.45, 2.75) is 26.5 Å². The molecule has 1 unspecified atom stereocenters. The van der Waals surface area contributed by atoms with Crippen LogP contribution in [-0.2, 0) is 16.1 Å². The number of aromatic hydroxyl groups is 1. The lowest BCUT2D eigenvalue weighted by molar-refractivity contribution is -0.129. The lowest BCUT2D eigenvalue weighted by atomic mass is 10.1. The van der Waals surface area contributed by atoms with Gasteiger partial charge in [-0.3, -0.25) is 4.79 Å². The summed E-state index contributed by atoms with van der Waals surface area (Å²) < 4.78 is 10.2. The van der Waals surface area contributed by atoms with Crippen LogP contribution in [0.1, 0.15) is 28.4 Å². The number of methoxy groups -OCH3 is 1. The predicted octanol–water partition coefficient (Wildman–Crippen LogP) is 2.57. The fourth-order valence-corrected chi connectivity index (χ4v) is 2.18. The van der Waals surface area contributed by atoms with Crippen molar-refractivity contribution < 1.29 is 24.2 Å². The van der Waals surface area contributed by atoms with Crippen LogP contribution in [0.5, 0.6) is 11.5 Å². The monoisotopic (exact) mass is 343 g/mol. The number of phenols is 1. The number of para-hydroxylation sites is 1. The summed E-state index contributed by atoms with van der Waals surface area (Å²) in [5.41, 5.74) is 1.49. The molecule has 6 nitrogen and oxygen atoms in total. The van der Waals surface area contributed by atoms with Crippen LogP contribution in [-0.4, -0.2) is 30.2 Å². The minimum atomic E-state index is -0.981. The van der Waals surface area contributed by atoms with Gasteiger partial charge in [-0.15, -0.1) is 0 Å². The van der Waals surface area contributed by atoms with E-state index in [-0.39, 0.29) is 11.3 Å². The van der Waals surface area contributed by atoms with Gasteiger partial charge in [0.2, 0.25) is 0 Å². The highest BCUT2D eigenvalue weighted by Gasteiger charge is 2.21. The second kappa shape index (κ2) is 8.19. The first kappa shape index (κ1) is 18.3. The lowest BCUT2D eigenvalue weighted by Gasteiger charge is -2.14. The molecule has 0 saturated heterocycles. The first-order valence-electron chi connectivity index (χ1n) is 7.82. The van der Waals surface area contributed by atoms with E-state index in [9.17, 15) is 14.7 Å². The van der Waals surface area contributed by atoms with E-state index in [0.717, 1.165) is 11.3 Å². The molecule has 0 aliphatic heterocycles. The van der Waals surface area contributed by atoms with E-state index in [1.165, 1.54) is 13.0 Å². The van der Waals surface area contributed by atoms with Crippen LogP contribution in [0.4, 0.5) is 0 Å². The number of hydrogen-bond donors (Lipinski definition) is 2. The maximum atomic E-state index is 12.1. The maximum absolute atomic E-state index is 12.1. The molecule has 0 heterocycles. The Morgan fingerprint density at radius 3 is 2.48 bits per heavy atom. The van der Waals surface area contributed by atoms with Crippen molar-refractivity contribution in [3.63, 3.8) is 0 Å². The molecule has 2 rings (SSSR count). The minimum Gasteiger partial charge on any atom is -0.507 e. The van der Waals surface area contributed by atoms with E-state index in [4.69, 9.17) is 9.47 Å².